The van der Waals surface area contributed by atoms with E-state index in [0.29, 0.717) is 23.7 Å². The summed E-state index contributed by atoms with van der Waals surface area (Å²) in [7, 11) is 0. The lowest BCUT2D eigenvalue weighted by Gasteiger charge is -2.66. The lowest BCUT2D eigenvalue weighted by atomic mass is 9.50. The molecule has 1 heterocycles. The molecule has 0 bridgehead atoms. The summed E-state index contributed by atoms with van der Waals surface area (Å²) in [6, 6.07) is 0. The van der Waals surface area contributed by atoms with Gasteiger partial charge in [0, 0.05) is 12.3 Å². The molecular weight excluding hydrogens is 276 g/mol. The molecule has 3 nitrogen and oxygen atoms in total. The quantitative estimate of drug-likeness (QED) is 0.678. The highest BCUT2D eigenvalue weighted by Gasteiger charge is 2.76. The zero-order chi connectivity index (χ0) is 15.8. The van der Waals surface area contributed by atoms with Crippen LogP contribution in [0.2, 0.25) is 0 Å². The minimum absolute atomic E-state index is 0.0646. The second-order valence-electron chi connectivity index (χ2n) is 9.04. The number of ether oxygens (including phenoxy) is 2. The van der Waals surface area contributed by atoms with Crippen LogP contribution in [0, 0.1) is 29.1 Å². The van der Waals surface area contributed by atoms with Crippen molar-refractivity contribution in [2.45, 2.75) is 84.0 Å². The van der Waals surface area contributed by atoms with E-state index in [1.54, 1.807) is 0 Å². The molecule has 4 aliphatic rings. The van der Waals surface area contributed by atoms with Gasteiger partial charge in [0.1, 0.15) is 0 Å². The van der Waals surface area contributed by atoms with Crippen LogP contribution in [0.15, 0.2) is 0 Å². The number of rotatable bonds is 1. The van der Waals surface area contributed by atoms with Crippen molar-refractivity contribution in [3.63, 3.8) is 0 Å². The molecule has 2 spiro atoms. The van der Waals surface area contributed by atoms with Crippen LogP contribution in [-0.4, -0.2) is 17.4 Å². The van der Waals surface area contributed by atoms with Gasteiger partial charge in [-0.1, -0.05) is 27.2 Å². The highest BCUT2D eigenvalue weighted by molar-refractivity contribution is 5.82. The van der Waals surface area contributed by atoms with Gasteiger partial charge >= 0.3 is 5.97 Å². The van der Waals surface area contributed by atoms with Crippen molar-refractivity contribution in [3.05, 3.63) is 0 Å². The predicted octanol–water partition coefficient (Wildman–Crippen LogP) is 4.30. The largest absolute Gasteiger partial charge is 0.432 e. The van der Waals surface area contributed by atoms with Crippen LogP contribution in [0.1, 0.15) is 72.6 Å². The molecule has 22 heavy (non-hydrogen) atoms. The third kappa shape index (κ3) is 1.64. The average Bonchev–Trinajstić information content (AvgIpc) is 2.75. The second-order valence-corrected chi connectivity index (χ2v) is 9.04. The van der Waals surface area contributed by atoms with Gasteiger partial charge in [0.15, 0.2) is 0 Å². The summed E-state index contributed by atoms with van der Waals surface area (Å²) in [4.78, 5) is 13.1. The molecule has 124 valence electrons. The zero-order valence-corrected chi connectivity index (χ0v) is 14.5. The monoisotopic (exact) mass is 306 g/mol. The molecule has 0 unspecified atom stereocenters. The van der Waals surface area contributed by atoms with Crippen molar-refractivity contribution >= 4 is 5.97 Å². The molecule has 6 atom stereocenters. The second kappa shape index (κ2) is 4.49. The van der Waals surface area contributed by atoms with Crippen molar-refractivity contribution in [2.75, 3.05) is 0 Å². The Balaban J connectivity index is 1.71. The first-order valence-corrected chi connectivity index (χ1v) is 9.27. The third-order valence-corrected chi connectivity index (χ3v) is 7.40. The van der Waals surface area contributed by atoms with Crippen LogP contribution in [-0.2, 0) is 14.3 Å². The number of hydrogen-bond acceptors (Lipinski definition) is 3. The fourth-order valence-electron chi connectivity index (χ4n) is 6.34. The van der Waals surface area contributed by atoms with Gasteiger partial charge in [-0.15, -0.1) is 0 Å². The summed E-state index contributed by atoms with van der Waals surface area (Å²) in [5, 5.41) is 0. The molecule has 3 aliphatic carbocycles. The summed E-state index contributed by atoms with van der Waals surface area (Å²) in [5.41, 5.74) is -0.603. The van der Waals surface area contributed by atoms with Crippen molar-refractivity contribution in [1.29, 1.82) is 0 Å². The van der Waals surface area contributed by atoms with E-state index in [4.69, 9.17) is 9.47 Å². The molecule has 4 rings (SSSR count). The Bertz CT molecular complexity index is 501. The van der Waals surface area contributed by atoms with Crippen LogP contribution in [0.4, 0.5) is 0 Å². The maximum Gasteiger partial charge on any atom is 0.317 e. The minimum Gasteiger partial charge on any atom is -0.432 e. The lowest BCUT2D eigenvalue weighted by molar-refractivity contribution is -0.399. The summed E-state index contributed by atoms with van der Waals surface area (Å²) in [5.74, 6) is 1.30. The van der Waals surface area contributed by atoms with E-state index in [-0.39, 0.29) is 17.0 Å². The lowest BCUT2D eigenvalue weighted by Crippen LogP contribution is -2.74. The highest BCUT2D eigenvalue weighted by Crippen LogP contribution is 2.70. The van der Waals surface area contributed by atoms with Crippen LogP contribution < -0.4 is 0 Å². The van der Waals surface area contributed by atoms with E-state index in [1.807, 2.05) is 0 Å². The molecule has 0 aromatic rings. The first-order valence-electron chi connectivity index (χ1n) is 9.27. The molecule has 3 saturated carbocycles. The van der Waals surface area contributed by atoms with Crippen molar-refractivity contribution in [1.82, 2.24) is 0 Å². The van der Waals surface area contributed by atoms with Gasteiger partial charge < -0.3 is 9.47 Å². The normalized spacial score (nSPS) is 53.9. The summed E-state index contributed by atoms with van der Waals surface area (Å²) in [6.45, 7) is 8.94. The van der Waals surface area contributed by atoms with E-state index in [2.05, 4.69) is 27.7 Å². The number of carbonyl (C=O) groups excluding carboxylic acids is 1. The first-order chi connectivity index (χ1) is 10.3. The van der Waals surface area contributed by atoms with Gasteiger partial charge in [0.25, 0.3) is 0 Å². The van der Waals surface area contributed by atoms with Gasteiger partial charge in [0.2, 0.25) is 5.79 Å². The molecule has 0 aromatic carbocycles. The fraction of sp³-hybridized carbons (Fsp3) is 0.947. The maximum absolute atomic E-state index is 13.1. The Kier molecular flexibility index (Phi) is 3.06. The van der Waals surface area contributed by atoms with E-state index in [9.17, 15) is 4.79 Å². The van der Waals surface area contributed by atoms with Gasteiger partial charge in [-0.05, 0) is 56.8 Å². The number of hydrogen-bond donors (Lipinski definition) is 0. The maximum atomic E-state index is 13.1. The van der Waals surface area contributed by atoms with Gasteiger partial charge in [-0.2, -0.15) is 0 Å². The van der Waals surface area contributed by atoms with E-state index >= 15 is 0 Å². The molecule has 0 aromatic heterocycles. The third-order valence-electron chi connectivity index (χ3n) is 7.40. The van der Waals surface area contributed by atoms with E-state index in [1.165, 1.54) is 12.8 Å². The Hall–Kier alpha value is -0.570. The molecule has 1 saturated heterocycles. The van der Waals surface area contributed by atoms with E-state index < -0.39 is 5.79 Å². The van der Waals surface area contributed by atoms with Gasteiger partial charge in [-0.3, -0.25) is 4.79 Å². The molecule has 4 fully saturated rings. The number of carbonyl (C=O) groups is 1. The Morgan fingerprint density at radius 2 is 1.95 bits per heavy atom. The van der Waals surface area contributed by atoms with Crippen molar-refractivity contribution in [3.8, 4) is 0 Å². The number of esters is 1. The molecule has 1 aliphatic heterocycles. The fourth-order valence-corrected chi connectivity index (χ4v) is 6.34. The van der Waals surface area contributed by atoms with Crippen molar-refractivity contribution in [2.24, 2.45) is 29.1 Å². The van der Waals surface area contributed by atoms with Crippen LogP contribution in [0.3, 0.4) is 0 Å². The van der Waals surface area contributed by atoms with Crippen molar-refractivity contribution < 1.29 is 14.3 Å². The summed E-state index contributed by atoms with van der Waals surface area (Å²) in [6.07, 6.45) is 7.53. The van der Waals surface area contributed by atoms with Crippen LogP contribution >= 0.6 is 0 Å². The standard InChI is InChI=1S/C19H30O3/c1-12(2)15-8-7-13(3)10-19(15)21-16(20)18-9-5-6-14(18)11-17(18,4)22-19/h12-15H,5-11H2,1-4H3/t13-,14+,15+,17+,18+,19-/m1/s1. The average molecular weight is 306 g/mol. The zero-order valence-electron chi connectivity index (χ0n) is 14.5. The molecular formula is C19H30O3. The molecule has 0 N–H and O–H groups in total. The van der Waals surface area contributed by atoms with Gasteiger partial charge in [0.05, 0.1) is 11.0 Å². The highest BCUT2D eigenvalue weighted by atomic mass is 16.7. The Morgan fingerprint density at radius 1 is 1.18 bits per heavy atom. The Morgan fingerprint density at radius 3 is 2.59 bits per heavy atom. The Labute approximate surface area is 134 Å². The van der Waals surface area contributed by atoms with E-state index in [0.717, 1.165) is 32.1 Å². The molecule has 0 radical (unpaired) electrons. The topological polar surface area (TPSA) is 35.5 Å². The predicted molar refractivity (Wildman–Crippen MR) is 84.0 cm³/mol. The van der Waals surface area contributed by atoms with Crippen LogP contribution in [0.5, 0.6) is 0 Å². The molecule has 3 heteroatoms. The summed E-state index contributed by atoms with van der Waals surface area (Å²) >= 11 is 0. The first kappa shape index (κ1) is 15.0. The molecule has 0 amide bonds. The minimum atomic E-state index is -0.656. The summed E-state index contributed by atoms with van der Waals surface area (Å²) < 4.78 is 13.0. The van der Waals surface area contributed by atoms with Gasteiger partial charge in [-0.25, -0.2) is 0 Å². The smallest absolute Gasteiger partial charge is 0.317 e. The SMILES string of the molecule is CC(C)[C@@H]1CC[C@@H](C)C[C@]12OC(=O)[C@]13CCC[C@H]1C[C@]3(C)O2. The van der Waals surface area contributed by atoms with Crippen LogP contribution in [0.25, 0.3) is 0 Å².